The van der Waals surface area contributed by atoms with Gasteiger partial charge in [-0.3, -0.25) is 37.3 Å². The van der Waals surface area contributed by atoms with Crippen molar-refractivity contribution in [3.8, 4) is 0 Å². The standard InChI is InChI=1S/C65H126O17P2/c1-6-9-12-15-18-28-34-39-44-49-63(68)76-55-61(82-65(70)51-46-41-36-31-27-25-23-21-20-22-24-26-30-33-37-42-47-58(4)5)57-80-84(73,74)78-53-59(66)52-77-83(71,72)79-56-60(54-75-62(67)48-43-38-32-17-14-11-8-3)81-64(69)50-45-40-35-29-19-16-13-10-7-2/h58-61,66H,6-57H2,1-5H3,(H,71,72)(H,73,74)/t59-,60+,61+/m0/s1. The second-order valence-electron chi connectivity index (χ2n) is 24.0. The Labute approximate surface area is 511 Å². The molecular weight excluding hydrogens is 1110 g/mol. The summed E-state index contributed by atoms with van der Waals surface area (Å²) in [6, 6.07) is 0. The summed E-state index contributed by atoms with van der Waals surface area (Å²) >= 11 is 0. The number of carbonyl (C=O) groups excluding carboxylic acids is 4. The summed E-state index contributed by atoms with van der Waals surface area (Å²) in [5, 5.41) is 10.5. The molecule has 0 saturated heterocycles. The SMILES string of the molecule is CCCCCCCCCCCC(=O)OC[C@H](COP(=O)(O)OC[C@@H](O)COP(=O)(O)OC[C@@H](COC(=O)CCCCCCCCC)OC(=O)CCCCCCCCCCC)OC(=O)CCCCCCCCCCCCCCCCCCC(C)C. The van der Waals surface area contributed by atoms with Crippen LogP contribution in [-0.4, -0.2) is 96.7 Å². The van der Waals surface area contributed by atoms with Gasteiger partial charge in [-0.2, -0.15) is 0 Å². The van der Waals surface area contributed by atoms with E-state index in [1.807, 2.05) is 0 Å². The van der Waals surface area contributed by atoms with Crippen LogP contribution in [0.1, 0.15) is 330 Å². The highest BCUT2D eigenvalue weighted by Gasteiger charge is 2.30. The van der Waals surface area contributed by atoms with Crippen LogP contribution in [0.25, 0.3) is 0 Å². The maximum Gasteiger partial charge on any atom is 0.472 e. The van der Waals surface area contributed by atoms with Crippen molar-refractivity contribution in [2.75, 3.05) is 39.6 Å². The number of rotatable bonds is 65. The zero-order valence-corrected chi connectivity index (χ0v) is 55.8. The van der Waals surface area contributed by atoms with E-state index >= 15 is 0 Å². The molecule has 0 fully saturated rings. The van der Waals surface area contributed by atoms with Crippen molar-refractivity contribution in [2.45, 2.75) is 348 Å². The van der Waals surface area contributed by atoms with Crippen LogP contribution >= 0.6 is 15.6 Å². The van der Waals surface area contributed by atoms with E-state index in [0.717, 1.165) is 109 Å². The van der Waals surface area contributed by atoms with Gasteiger partial charge in [0.25, 0.3) is 0 Å². The van der Waals surface area contributed by atoms with Crippen molar-refractivity contribution < 1.29 is 80.2 Å². The van der Waals surface area contributed by atoms with Gasteiger partial charge in [0.15, 0.2) is 12.2 Å². The predicted molar refractivity (Wildman–Crippen MR) is 335 cm³/mol. The highest BCUT2D eigenvalue weighted by Crippen LogP contribution is 2.45. The molecule has 0 rings (SSSR count). The molecule has 498 valence electrons. The normalized spacial score (nSPS) is 14.2. The summed E-state index contributed by atoms with van der Waals surface area (Å²) in [6.45, 7) is 7.16. The van der Waals surface area contributed by atoms with Crippen LogP contribution in [0.4, 0.5) is 0 Å². The molecule has 0 amide bonds. The summed E-state index contributed by atoms with van der Waals surface area (Å²) in [7, 11) is -9.88. The van der Waals surface area contributed by atoms with Gasteiger partial charge in [-0.25, -0.2) is 9.13 Å². The zero-order chi connectivity index (χ0) is 62.0. The van der Waals surface area contributed by atoms with E-state index in [9.17, 15) is 43.2 Å². The lowest BCUT2D eigenvalue weighted by molar-refractivity contribution is -0.161. The molecule has 0 heterocycles. The average molecular weight is 1240 g/mol. The fraction of sp³-hybridized carbons (Fsp3) is 0.938. The summed E-state index contributed by atoms with van der Waals surface area (Å²) in [5.74, 6) is -1.33. The Morgan fingerprint density at radius 2 is 0.548 bits per heavy atom. The van der Waals surface area contributed by atoms with Crippen molar-refractivity contribution in [3.05, 3.63) is 0 Å². The molecule has 0 aliphatic carbocycles. The van der Waals surface area contributed by atoms with Gasteiger partial charge < -0.3 is 33.8 Å². The first-order valence-corrected chi connectivity index (χ1v) is 37.1. The molecule has 19 heteroatoms. The van der Waals surface area contributed by atoms with Crippen LogP contribution < -0.4 is 0 Å². The summed E-state index contributed by atoms with van der Waals surface area (Å²) in [4.78, 5) is 72.0. The molecule has 0 radical (unpaired) electrons. The lowest BCUT2D eigenvalue weighted by atomic mass is 10.0. The Bertz CT molecular complexity index is 1640. The van der Waals surface area contributed by atoms with Gasteiger partial charge in [-0.15, -0.1) is 0 Å². The topological polar surface area (TPSA) is 237 Å². The number of carbonyl (C=O) groups is 4. The van der Waals surface area contributed by atoms with Gasteiger partial charge in [-0.05, 0) is 31.6 Å². The molecular formula is C65H126O17P2. The Kier molecular flexibility index (Phi) is 57.4. The molecule has 0 aliphatic rings. The van der Waals surface area contributed by atoms with Crippen molar-refractivity contribution >= 4 is 39.5 Å². The Morgan fingerprint density at radius 3 is 0.810 bits per heavy atom. The number of unbranched alkanes of at least 4 members (excludes halogenated alkanes) is 37. The Hall–Kier alpha value is -1.94. The van der Waals surface area contributed by atoms with Gasteiger partial charge in [-0.1, -0.05) is 279 Å². The Balaban J connectivity index is 5.12. The summed E-state index contributed by atoms with van der Waals surface area (Å²) in [6.07, 6.45) is 43.3. The average Bonchev–Trinajstić information content (AvgIpc) is 3.58. The van der Waals surface area contributed by atoms with Crippen LogP contribution in [0.15, 0.2) is 0 Å². The highest BCUT2D eigenvalue weighted by atomic mass is 31.2. The highest BCUT2D eigenvalue weighted by molar-refractivity contribution is 7.47. The number of ether oxygens (including phenoxy) is 4. The molecule has 0 aromatic heterocycles. The number of phosphoric acid groups is 2. The minimum absolute atomic E-state index is 0.105. The van der Waals surface area contributed by atoms with Crippen LogP contribution in [0.3, 0.4) is 0 Å². The summed E-state index contributed by atoms with van der Waals surface area (Å²) in [5.41, 5.74) is 0. The number of aliphatic hydroxyl groups excluding tert-OH is 1. The molecule has 0 bridgehead atoms. The largest absolute Gasteiger partial charge is 0.472 e. The zero-order valence-electron chi connectivity index (χ0n) is 54.0. The van der Waals surface area contributed by atoms with Gasteiger partial charge in [0, 0.05) is 25.7 Å². The van der Waals surface area contributed by atoms with Crippen LogP contribution in [-0.2, 0) is 65.4 Å². The predicted octanol–water partition coefficient (Wildman–Crippen LogP) is 18.2. The molecule has 3 N–H and O–H groups in total. The summed E-state index contributed by atoms with van der Waals surface area (Å²) < 4.78 is 67.9. The number of esters is 4. The number of hydrogen-bond acceptors (Lipinski definition) is 15. The van der Waals surface area contributed by atoms with Crippen molar-refractivity contribution in [2.24, 2.45) is 5.92 Å². The van der Waals surface area contributed by atoms with Crippen LogP contribution in [0, 0.1) is 5.92 Å². The van der Waals surface area contributed by atoms with Crippen molar-refractivity contribution in [1.82, 2.24) is 0 Å². The minimum Gasteiger partial charge on any atom is -0.462 e. The second kappa shape index (κ2) is 58.7. The van der Waals surface area contributed by atoms with E-state index in [4.69, 9.17) is 37.0 Å². The third-order valence-electron chi connectivity index (χ3n) is 15.0. The minimum atomic E-state index is -4.94. The molecule has 0 aromatic rings. The van der Waals surface area contributed by atoms with Crippen molar-refractivity contribution in [3.63, 3.8) is 0 Å². The Morgan fingerprint density at radius 1 is 0.321 bits per heavy atom. The third-order valence-corrected chi connectivity index (χ3v) is 16.9. The maximum absolute atomic E-state index is 13.0. The molecule has 0 saturated carbocycles. The van der Waals surface area contributed by atoms with E-state index < -0.39 is 97.5 Å². The molecule has 0 aliphatic heterocycles. The fourth-order valence-corrected chi connectivity index (χ4v) is 11.3. The molecule has 84 heavy (non-hydrogen) atoms. The second-order valence-corrected chi connectivity index (χ2v) is 26.9. The van der Waals surface area contributed by atoms with E-state index in [2.05, 4.69) is 34.6 Å². The molecule has 0 aromatic carbocycles. The van der Waals surface area contributed by atoms with E-state index in [1.165, 1.54) is 141 Å². The first-order chi connectivity index (χ1) is 40.5. The van der Waals surface area contributed by atoms with Crippen LogP contribution in [0.2, 0.25) is 0 Å². The van der Waals surface area contributed by atoms with Gasteiger partial charge in [0.05, 0.1) is 26.4 Å². The molecule has 2 unspecified atom stereocenters. The smallest absolute Gasteiger partial charge is 0.462 e. The maximum atomic E-state index is 13.0. The van der Waals surface area contributed by atoms with E-state index in [-0.39, 0.29) is 25.7 Å². The number of aliphatic hydroxyl groups is 1. The fourth-order valence-electron chi connectivity index (χ4n) is 9.76. The quantitative estimate of drug-likeness (QED) is 0.0222. The molecule has 5 atom stereocenters. The molecule has 0 spiro atoms. The van der Waals surface area contributed by atoms with Gasteiger partial charge >= 0.3 is 39.5 Å². The monoisotopic (exact) mass is 1240 g/mol. The van der Waals surface area contributed by atoms with Gasteiger partial charge in [0.1, 0.15) is 19.3 Å². The van der Waals surface area contributed by atoms with Crippen molar-refractivity contribution in [1.29, 1.82) is 0 Å². The number of phosphoric ester groups is 2. The van der Waals surface area contributed by atoms with E-state index in [0.29, 0.717) is 25.7 Å². The van der Waals surface area contributed by atoms with E-state index in [1.54, 1.807) is 0 Å². The molecule has 17 nitrogen and oxygen atoms in total. The first-order valence-electron chi connectivity index (χ1n) is 34.1. The third kappa shape index (κ3) is 59.0. The van der Waals surface area contributed by atoms with Gasteiger partial charge in [0.2, 0.25) is 0 Å². The van der Waals surface area contributed by atoms with Crippen LogP contribution in [0.5, 0.6) is 0 Å². The first kappa shape index (κ1) is 82.1. The lowest BCUT2D eigenvalue weighted by Gasteiger charge is -2.21. The number of hydrogen-bond donors (Lipinski definition) is 3. The lowest BCUT2D eigenvalue weighted by Crippen LogP contribution is -2.30.